The fourth-order valence-corrected chi connectivity index (χ4v) is 4.42. The minimum Gasteiger partial charge on any atom is -0.468 e. The van der Waals surface area contributed by atoms with Gasteiger partial charge in [-0.15, -0.1) is 0 Å². The van der Waals surface area contributed by atoms with Crippen LogP contribution in [-0.2, 0) is 16.0 Å². The first-order valence-electron chi connectivity index (χ1n) is 7.97. The molecule has 0 unspecified atom stereocenters. The summed E-state index contributed by atoms with van der Waals surface area (Å²) in [5.74, 6) is -0.258. The molecule has 0 spiro atoms. The molecule has 4 rings (SSSR count). The van der Waals surface area contributed by atoms with E-state index in [1.54, 1.807) is 0 Å². The molecule has 2 atom stereocenters. The number of nitrogens with one attached hydrogen (secondary N) is 2. The van der Waals surface area contributed by atoms with E-state index in [0.29, 0.717) is 11.4 Å². The SMILES string of the molecule is COC(=O)[C@@H]1Cc2c([nH]c3ccccc23)[C@@H](c2ccc(Cl)cc2Br)N1. The number of rotatable bonds is 2. The molecule has 1 aliphatic heterocycles. The molecule has 3 aromatic rings. The van der Waals surface area contributed by atoms with Crippen molar-refractivity contribution in [1.29, 1.82) is 0 Å². The Morgan fingerprint density at radius 2 is 2.08 bits per heavy atom. The van der Waals surface area contributed by atoms with Crippen molar-refractivity contribution in [3.63, 3.8) is 0 Å². The molecule has 2 N–H and O–H groups in total. The summed E-state index contributed by atoms with van der Waals surface area (Å²) in [6, 6.07) is 13.3. The van der Waals surface area contributed by atoms with Gasteiger partial charge in [0.25, 0.3) is 0 Å². The zero-order chi connectivity index (χ0) is 17.6. The first kappa shape index (κ1) is 16.6. The molecule has 128 valence electrons. The van der Waals surface area contributed by atoms with E-state index in [4.69, 9.17) is 16.3 Å². The molecule has 0 bridgehead atoms. The first-order chi connectivity index (χ1) is 12.1. The highest BCUT2D eigenvalue weighted by molar-refractivity contribution is 9.10. The number of hydrogen-bond acceptors (Lipinski definition) is 3. The monoisotopic (exact) mass is 418 g/mol. The van der Waals surface area contributed by atoms with E-state index in [1.165, 1.54) is 7.11 Å². The third-order valence-corrected chi connectivity index (χ3v) is 5.59. The Morgan fingerprint density at radius 1 is 1.28 bits per heavy atom. The third kappa shape index (κ3) is 2.86. The number of benzene rings is 2. The van der Waals surface area contributed by atoms with Crippen LogP contribution in [0.25, 0.3) is 10.9 Å². The molecule has 1 aromatic heterocycles. The molecule has 4 nitrogen and oxygen atoms in total. The molecule has 0 aliphatic carbocycles. The van der Waals surface area contributed by atoms with Gasteiger partial charge in [-0.2, -0.15) is 0 Å². The Balaban J connectivity index is 1.90. The van der Waals surface area contributed by atoms with E-state index in [9.17, 15) is 4.79 Å². The fourth-order valence-electron chi connectivity index (χ4n) is 3.51. The van der Waals surface area contributed by atoms with E-state index in [2.05, 4.69) is 38.4 Å². The van der Waals surface area contributed by atoms with Crippen LogP contribution in [0.4, 0.5) is 0 Å². The summed E-state index contributed by atoms with van der Waals surface area (Å²) in [4.78, 5) is 15.7. The second-order valence-electron chi connectivity index (χ2n) is 6.11. The Hall–Kier alpha value is -1.82. The molecule has 0 fully saturated rings. The van der Waals surface area contributed by atoms with E-state index in [1.807, 2.05) is 30.3 Å². The van der Waals surface area contributed by atoms with Crippen LogP contribution in [-0.4, -0.2) is 24.1 Å². The van der Waals surface area contributed by atoms with Gasteiger partial charge in [-0.05, 0) is 29.3 Å². The van der Waals surface area contributed by atoms with Gasteiger partial charge in [0.2, 0.25) is 0 Å². The van der Waals surface area contributed by atoms with Gasteiger partial charge in [0.1, 0.15) is 6.04 Å². The van der Waals surface area contributed by atoms with Crippen LogP contribution in [0.2, 0.25) is 5.02 Å². The maximum atomic E-state index is 12.2. The van der Waals surface area contributed by atoms with Gasteiger partial charge in [0.05, 0.1) is 13.2 Å². The summed E-state index contributed by atoms with van der Waals surface area (Å²) < 4.78 is 5.88. The second-order valence-corrected chi connectivity index (χ2v) is 7.40. The van der Waals surface area contributed by atoms with Crippen molar-refractivity contribution in [2.45, 2.75) is 18.5 Å². The Kier molecular flexibility index (Phi) is 4.31. The van der Waals surface area contributed by atoms with Crippen LogP contribution in [0.1, 0.15) is 22.9 Å². The number of para-hydroxylation sites is 1. The lowest BCUT2D eigenvalue weighted by molar-refractivity contribution is -0.143. The largest absolute Gasteiger partial charge is 0.468 e. The molecular weight excluding hydrogens is 404 g/mol. The van der Waals surface area contributed by atoms with Crippen LogP contribution >= 0.6 is 27.5 Å². The van der Waals surface area contributed by atoms with Gasteiger partial charge < -0.3 is 9.72 Å². The van der Waals surface area contributed by atoms with Crippen LogP contribution in [0.5, 0.6) is 0 Å². The molecule has 25 heavy (non-hydrogen) atoms. The summed E-state index contributed by atoms with van der Waals surface area (Å²) >= 11 is 9.69. The third-order valence-electron chi connectivity index (χ3n) is 4.67. The normalized spacial score (nSPS) is 19.6. The number of aromatic nitrogens is 1. The fraction of sp³-hybridized carbons (Fsp3) is 0.211. The maximum absolute atomic E-state index is 12.2. The number of carbonyl (C=O) groups is 1. The van der Waals surface area contributed by atoms with Crippen LogP contribution in [0.3, 0.4) is 0 Å². The first-order valence-corrected chi connectivity index (χ1v) is 9.14. The maximum Gasteiger partial charge on any atom is 0.323 e. The van der Waals surface area contributed by atoms with Gasteiger partial charge in [-0.1, -0.05) is 51.8 Å². The molecule has 2 aromatic carbocycles. The van der Waals surface area contributed by atoms with Crippen molar-refractivity contribution >= 4 is 44.4 Å². The highest BCUT2D eigenvalue weighted by Crippen LogP contribution is 2.38. The summed E-state index contributed by atoms with van der Waals surface area (Å²) in [6.07, 6.45) is 0.591. The number of halogens is 2. The quantitative estimate of drug-likeness (QED) is 0.607. The van der Waals surface area contributed by atoms with Gasteiger partial charge in [-0.3, -0.25) is 10.1 Å². The highest BCUT2D eigenvalue weighted by atomic mass is 79.9. The predicted molar refractivity (Wildman–Crippen MR) is 102 cm³/mol. The minimum absolute atomic E-state index is 0.160. The molecule has 6 heteroatoms. The summed E-state index contributed by atoms with van der Waals surface area (Å²) in [7, 11) is 1.42. The van der Waals surface area contributed by atoms with E-state index >= 15 is 0 Å². The number of H-pyrrole nitrogens is 1. The average molecular weight is 420 g/mol. The Bertz CT molecular complexity index is 969. The number of fused-ring (bicyclic) bond motifs is 3. The minimum atomic E-state index is -0.399. The van der Waals surface area contributed by atoms with Gasteiger partial charge in [0, 0.05) is 32.5 Å². The molecule has 0 radical (unpaired) electrons. The molecule has 0 saturated carbocycles. The number of carbonyl (C=O) groups excluding carboxylic acids is 1. The predicted octanol–water partition coefficient (Wildman–Crippen LogP) is 4.36. The summed E-state index contributed by atoms with van der Waals surface area (Å²) in [5.41, 5.74) is 4.31. The van der Waals surface area contributed by atoms with Gasteiger partial charge in [-0.25, -0.2) is 0 Å². The molecule has 1 aliphatic rings. The highest BCUT2D eigenvalue weighted by Gasteiger charge is 2.35. The topological polar surface area (TPSA) is 54.1 Å². The van der Waals surface area contributed by atoms with E-state index in [0.717, 1.165) is 32.2 Å². The van der Waals surface area contributed by atoms with Crippen molar-refractivity contribution in [3.05, 3.63) is 68.8 Å². The lowest BCUT2D eigenvalue weighted by Crippen LogP contribution is -2.45. The smallest absolute Gasteiger partial charge is 0.323 e. The zero-order valence-electron chi connectivity index (χ0n) is 13.5. The lowest BCUT2D eigenvalue weighted by Gasteiger charge is -2.30. The summed E-state index contributed by atoms with van der Waals surface area (Å²) in [5, 5.41) is 5.22. The van der Waals surface area contributed by atoms with E-state index < -0.39 is 6.04 Å². The summed E-state index contributed by atoms with van der Waals surface area (Å²) in [6.45, 7) is 0. The standard InChI is InChI=1S/C19H16BrClN2O2/c1-25-19(24)16-9-13-11-4-2-3-5-15(11)22-18(13)17(23-16)12-7-6-10(21)8-14(12)20/h2-8,16-17,22-23H,9H2,1H3/t16-,17+/m0/s1. The Morgan fingerprint density at radius 3 is 2.84 bits per heavy atom. The molecule has 2 heterocycles. The number of esters is 1. The number of ether oxygens (including phenoxy) is 1. The number of hydrogen-bond donors (Lipinski definition) is 2. The number of aromatic amines is 1. The molecular formula is C19H16BrClN2O2. The van der Waals surface area contributed by atoms with Crippen molar-refractivity contribution in [1.82, 2.24) is 10.3 Å². The average Bonchev–Trinajstić information content (AvgIpc) is 2.99. The van der Waals surface area contributed by atoms with Gasteiger partial charge in [0.15, 0.2) is 0 Å². The van der Waals surface area contributed by atoms with E-state index in [-0.39, 0.29) is 12.0 Å². The van der Waals surface area contributed by atoms with Crippen LogP contribution < -0.4 is 5.32 Å². The van der Waals surface area contributed by atoms with Crippen molar-refractivity contribution in [2.24, 2.45) is 0 Å². The Labute approximate surface area is 158 Å². The van der Waals surface area contributed by atoms with Crippen molar-refractivity contribution < 1.29 is 9.53 Å². The van der Waals surface area contributed by atoms with Crippen LogP contribution in [0, 0.1) is 0 Å². The molecule has 0 saturated heterocycles. The van der Waals surface area contributed by atoms with Crippen molar-refractivity contribution in [2.75, 3.05) is 7.11 Å². The number of methoxy groups -OCH3 is 1. The lowest BCUT2D eigenvalue weighted by atomic mass is 9.90. The van der Waals surface area contributed by atoms with Gasteiger partial charge >= 0.3 is 5.97 Å². The second kappa shape index (κ2) is 6.48. The van der Waals surface area contributed by atoms with Crippen molar-refractivity contribution in [3.8, 4) is 0 Å². The zero-order valence-corrected chi connectivity index (χ0v) is 15.8. The van der Waals surface area contributed by atoms with Crippen LogP contribution in [0.15, 0.2) is 46.9 Å². The molecule has 0 amide bonds.